The van der Waals surface area contributed by atoms with Gasteiger partial charge in [0.25, 0.3) is 5.56 Å². The molecule has 0 aromatic carbocycles. The number of methoxy groups -OCH3 is 2. The normalized spacial score (nSPS) is 27.1. The number of carbonyl (C=O) groups is 1. The van der Waals surface area contributed by atoms with Gasteiger partial charge in [-0.1, -0.05) is 0 Å². The van der Waals surface area contributed by atoms with Crippen LogP contribution in [0.2, 0.25) is 0 Å². The van der Waals surface area contributed by atoms with Crippen molar-refractivity contribution in [3.63, 3.8) is 0 Å². The number of nitrogens with zero attached hydrogens (tertiary/aromatic N) is 1. The SMILES string of the molecule is COC(=O)Cc1cn([C@@H]2O[C@H](CO)[C@@H](O)[C@H]2OC)c(=O)[nH]c1=O. The van der Waals surface area contributed by atoms with Crippen molar-refractivity contribution in [3.8, 4) is 0 Å². The quantitative estimate of drug-likeness (QED) is 0.504. The Labute approximate surface area is 130 Å². The van der Waals surface area contributed by atoms with E-state index >= 15 is 0 Å². The van der Waals surface area contributed by atoms with Crippen LogP contribution in [0, 0.1) is 0 Å². The van der Waals surface area contributed by atoms with E-state index in [2.05, 4.69) is 9.72 Å². The van der Waals surface area contributed by atoms with Gasteiger partial charge in [0.1, 0.15) is 18.3 Å². The average Bonchev–Trinajstić information content (AvgIpc) is 2.85. The van der Waals surface area contributed by atoms with Crippen molar-refractivity contribution in [3.05, 3.63) is 32.6 Å². The summed E-state index contributed by atoms with van der Waals surface area (Å²) < 4.78 is 16.0. The molecule has 0 spiro atoms. The lowest BCUT2D eigenvalue weighted by atomic mass is 10.1. The minimum Gasteiger partial charge on any atom is -0.469 e. The third-order valence-corrected chi connectivity index (χ3v) is 3.64. The summed E-state index contributed by atoms with van der Waals surface area (Å²) in [5.41, 5.74) is -1.51. The summed E-state index contributed by atoms with van der Waals surface area (Å²) in [6, 6.07) is 0. The number of rotatable bonds is 5. The minimum absolute atomic E-state index is 0.00292. The molecule has 0 saturated carbocycles. The Kier molecular flexibility index (Phi) is 5.31. The highest BCUT2D eigenvalue weighted by Gasteiger charge is 2.45. The van der Waals surface area contributed by atoms with Gasteiger partial charge in [0.2, 0.25) is 0 Å². The van der Waals surface area contributed by atoms with Crippen molar-refractivity contribution in [2.75, 3.05) is 20.8 Å². The average molecular weight is 330 g/mol. The molecule has 2 heterocycles. The number of aliphatic hydroxyl groups excluding tert-OH is 2. The third-order valence-electron chi connectivity index (χ3n) is 3.64. The maximum absolute atomic E-state index is 12.0. The zero-order chi connectivity index (χ0) is 17.1. The molecule has 1 saturated heterocycles. The Hall–Kier alpha value is -2.01. The van der Waals surface area contributed by atoms with E-state index in [9.17, 15) is 24.6 Å². The second-order valence-corrected chi connectivity index (χ2v) is 5.01. The molecule has 0 radical (unpaired) electrons. The molecule has 1 aliphatic rings. The van der Waals surface area contributed by atoms with Gasteiger partial charge in [0, 0.05) is 18.9 Å². The Morgan fingerprint density at radius 3 is 2.70 bits per heavy atom. The highest BCUT2D eigenvalue weighted by molar-refractivity contribution is 5.72. The smallest absolute Gasteiger partial charge is 0.330 e. The Bertz CT molecular complexity index is 681. The number of aliphatic hydroxyl groups is 2. The van der Waals surface area contributed by atoms with Crippen LogP contribution in [0.5, 0.6) is 0 Å². The number of nitrogens with one attached hydrogen (secondary N) is 1. The van der Waals surface area contributed by atoms with E-state index in [1.165, 1.54) is 14.2 Å². The van der Waals surface area contributed by atoms with Crippen LogP contribution in [-0.2, 0) is 25.4 Å². The van der Waals surface area contributed by atoms with Crippen LogP contribution in [0.4, 0.5) is 0 Å². The number of carbonyl (C=O) groups excluding carboxylic acids is 1. The number of esters is 1. The first-order valence-electron chi connectivity index (χ1n) is 6.81. The zero-order valence-electron chi connectivity index (χ0n) is 12.6. The second-order valence-electron chi connectivity index (χ2n) is 5.01. The highest BCUT2D eigenvalue weighted by Crippen LogP contribution is 2.30. The van der Waals surface area contributed by atoms with Crippen molar-refractivity contribution in [2.45, 2.75) is 31.0 Å². The molecule has 1 aromatic rings. The van der Waals surface area contributed by atoms with Crippen molar-refractivity contribution < 1.29 is 29.2 Å². The lowest BCUT2D eigenvalue weighted by Gasteiger charge is -2.20. The fraction of sp³-hybridized carbons (Fsp3) is 0.615. The Balaban J connectivity index is 2.42. The van der Waals surface area contributed by atoms with Crippen molar-refractivity contribution in [1.29, 1.82) is 0 Å². The predicted molar refractivity (Wildman–Crippen MR) is 74.8 cm³/mol. The minimum atomic E-state index is -1.15. The lowest BCUT2D eigenvalue weighted by Crippen LogP contribution is -2.40. The summed E-state index contributed by atoms with van der Waals surface area (Å²) in [6.07, 6.45) is -3.26. The number of hydrogen-bond donors (Lipinski definition) is 3. The second kappa shape index (κ2) is 7.04. The van der Waals surface area contributed by atoms with Gasteiger partial charge in [-0.15, -0.1) is 0 Å². The van der Waals surface area contributed by atoms with Gasteiger partial charge in [-0.05, 0) is 0 Å². The molecule has 10 nitrogen and oxygen atoms in total. The zero-order valence-corrected chi connectivity index (χ0v) is 12.6. The van der Waals surface area contributed by atoms with Gasteiger partial charge in [0.05, 0.1) is 20.1 Å². The maximum Gasteiger partial charge on any atom is 0.330 e. The third kappa shape index (κ3) is 3.34. The van der Waals surface area contributed by atoms with Crippen molar-refractivity contribution in [2.24, 2.45) is 0 Å². The molecule has 3 N–H and O–H groups in total. The fourth-order valence-electron chi connectivity index (χ4n) is 2.42. The predicted octanol–water partition coefficient (Wildman–Crippen LogP) is -2.48. The molecule has 1 aliphatic heterocycles. The van der Waals surface area contributed by atoms with Crippen LogP contribution in [0.1, 0.15) is 11.8 Å². The van der Waals surface area contributed by atoms with E-state index in [1.807, 2.05) is 0 Å². The first-order valence-corrected chi connectivity index (χ1v) is 6.81. The molecular formula is C13H18N2O8. The molecule has 1 aromatic heterocycles. The molecule has 0 unspecified atom stereocenters. The summed E-state index contributed by atoms with van der Waals surface area (Å²) in [4.78, 5) is 37.2. The summed E-state index contributed by atoms with van der Waals surface area (Å²) >= 11 is 0. The number of aromatic nitrogens is 2. The van der Waals surface area contributed by atoms with Crippen LogP contribution < -0.4 is 11.2 Å². The van der Waals surface area contributed by atoms with Crippen molar-refractivity contribution >= 4 is 5.97 Å². The molecule has 0 amide bonds. The number of hydrogen-bond acceptors (Lipinski definition) is 8. The molecule has 128 valence electrons. The first-order chi connectivity index (χ1) is 10.9. The van der Waals surface area contributed by atoms with Gasteiger partial charge in [-0.25, -0.2) is 4.79 Å². The lowest BCUT2D eigenvalue weighted by molar-refractivity contribution is -0.139. The summed E-state index contributed by atoms with van der Waals surface area (Å²) in [5, 5.41) is 19.2. The van der Waals surface area contributed by atoms with E-state index in [0.29, 0.717) is 0 Å². The summed E-state index contributed by atoms with van der Waals surface area (Å²) in [7, 11) is 2.49. The fourth-order valence-corrected chi connectivity index (χ4v) is 2.42. The van der Waals surface area contributed by atoms with Crippen LogP contribution in [0.3, 0.4) is 0 Å². The van der Waals surface area contributed by atoms with Gasteiger partial charge in [-0.2, -0.15) is 0 Å². The number of ether oxygens (including phenoxy) is 3. The molecule has 0 aliphatic carbocycles. The molecule has 0 bridgehead atoms. The maximum atomic E-state index is 12.0. The molecular weight excluding hydrogens is 312 g/mol. The van der Waals surface area contributed by atoms with Crippen molar-refractivity contribution in [1.82, 2.24) is 9.55 Å². The Morgan fingerprint density at radius 2 is 2.13 bits per heavy atom. The summed E-state index contributed by atoms with van der Waals surface area (Å²) in [5.74, 6) is -0.649. The van der Waals surface area contributed by atoms with Gasteiger partial charge >= 0.3 is 11.7 Å². The number of aromatic amines is 1. The van der Waals surface area contributed by atoms with Gasteiger partial charge in [-0.3, -0.25) is 19.1 Å². The van der Waals surface area contributed by atoms with E-state index < -0.39 is 48.4 Å². The molecule has 23 heavy (non-hydrogen) atoms. The van der Waals surface area contributed by atoms with Crippen LogP contribution in [0.15, 0.2) is 15.8 Å². The Morgan fingerprint density at radius 1 is 1.43 bits per heavy atom. The molecule has 4 atom stereocenters. The topological polar surface area (TPSA) is 140 Å². The van der Waals surface area contributed by atoms with E-state index in [-0.39, 0.29) is 12.0 Å². The van der Waals surface area contributed by atoms with E-state index in [4.69, 9.17) is 9.47 Å². The van der Waals surface area contributed by atoms with E-state index in [0.717, 1.165) is 10.8 Å². The van der Waals surface area contributed by atoms with Gasteiger partial charge < -0.3 is 24.4 Å². The summed E-state index contributed by atoms with van der Waals surface area (Å²) in [6.45, 7) is -0.468. The molecule has 10 heteroatoms. The monoisotopic (exact) mass is 330 g/mol. The first kappa shape index (κ1) is 17.3. The van der Waals surface area contributed by atoms with E-state index in [1.54, 1.807) is 0 Å². The van der Waals surface area contributed by atoms with Crippen LogP contribution >= 0.6 is 0 Å². The number of H-pyrrole nitrogens is 1. The highest BCUT2D eigenvalue weighted by atomic mass is 16.6. The largest absolute Gasteiger partial charge is 0.469 e. The van der Waals surface area contributed by atoms with Gasteiger partial charge in [0.15, 0.2) is 6.23 Å². The molecule has 1 fully saturated rings. The molecule has 2 rings (SSSR count). The standard InChI is InChI=1S/C13H18N2O8/c1-21-8(17)3-6-4-15(13(20)14-11(6)19)12-10(22-2)9(18)7(5-16)23-12/h4,7,9-10,12,16,18H,3,5H2,1-2H3,(H,14,19,20)/t7-,9-,10-,12-/m1/s1. The van der Waals surface area contributed by atoms with Crippen LogP contribution in [0.25, 0.3) is 0 Å². The van der Waals surface area contributed by atoms with Crippen LogP contribution in [-0.4, -0.2) is 64.9 Å².